The lowest BCUT2D eigenvalue weighted by molar-refractivity contribution is 0.316. The van der Waals surface area contributed by atoms with Crippen LogP contribution in [0.1, 0.15) is 23.1 Å². The number of nitrogen functional groups attached to an aromatic ring is 1. The number of hydrogen-bond acceptors (Lipinski definition) is 3. The van der Waals surface area contributed by atoms with Gasteiger partial charge in [0.2, 0.25) is 0 Å². The molecule has 0 saturated carbocycles. The third-order valence-electron chi connectivity index (χ3n) is 3.31. The standard InChI is InChI=1S/C18H23NOS/c1-13-6-8-18(16(19)11-13)21-10-4-9-20-17-12-14(2)5-7-15(17)3/h5-8,11-12H,4,9-10,19H2,1-3H3. The van der Waals surface area contributed by atoms with E-state index in [1.54, 1.807) is 11.8 Å². The first-order valence-electron chi connectivity index (χ1n) is 7.25. The van der Waals surface area contributed by atoms with E-state index in [4.69, 9.17) is 10.5 Å². The molecule has 0 aliphatic heterocycles. The van der Waals surface area contributed by atoms with Gasteiger partial charge in [-0.15, -0.1) is 11.8 Å². The van der Waals surface area contributed by atoms with Gasteiger partial charge in [0.15, 0.2) is 0 Å². The number of benzene rings is 2. The van der Waals surface area contributed by atoms with Crippen LogP contribution >= 0.6 is 11.8 Å². The lowest BCUT2D eigenvalue weighted by Crippen LogP contribution is -2.00. The summed E-state index contributed by atoms with van der Waals surface area (Å²) in [6, 6.07) is 12.5. The second-order valence-electron chi connectivity index (χ2n) is 5.36. The molecule has 0 aromatic heterocycles. The molecule has 2 aromatic rings. The Morgan fingerprint density at radius 3 is 2.48 bits per heavy atom. The van der Waals surface area contributed by atoms with Crippen molar-refractivity contribution in [1.82, 2.24) is 0 Å². The fourth-order valence-corrected chi connectivity index (χ4v) is 2.96. The number of hydrogen-bond donors (Lipinski definition) is 1. The molecule has 2 rings (SSSR count). The molecule has 3 heteroatoms. The SMILES string of the molecule is Cc1ccc(SCCCOc2cc(C)ccc2C)c(N)c1. The van der Waals surface area contributed by atoms with Crippen LogP contribution in [0.15, 0.2) is 41.3 Å². The topological polar surface area (TPSA) is 35.2 Å². The van der Waals surface area contributed by atoms with Crippen LogP contribution in [0.4, 0.5) is 5.69 Å². The lowest BCUT2D eigenvalue weighted by atomic mass is 10.1. The van der Waals surface area contributed by atoms with Crippen LogP contribution < -0.4 is 10.5 Å². The molecular formula is C18H23NOS. The van der Waals surface area contributed by atoms with Gasteiger partial charge in [0.25, 0.3) is 0 Å². The Bertz CT molecular complexity index is 610. The van der Waals surface area contributed by atoms with Crippen molar-refractivity contribution in [2.75, 3.05) is 18.1 Å². The number of nitrogens with two attached hydrogens (primary N) is 1. The summed E-state index contributed by atoms with van der Waals surface area (Å²) >= 11 is 1.79. The fraction of sp³-hybridized carbons (Fsp3) is 0.333. The highest BCUT2D eigenvalue weighted by molar-refractivity contribution is 7.99. The first-order chi connectivity index (χ1) is 10.1. The van der Waals surface area contributed by atoms with Crippen molar-refractivity contribution in [3.05, 3.63) is 53.1 Å². The van der Waals surface area contributed by atoms with Crippen molar-refractivity contribution in [3.63, 3.8) is 0 Å². The number of rotatable bonds is 6. The molecule has 0 aliphatic rings. The molecular weight excluding hydrogens is 278 g/mol. The second kappa shape index (κ2) is 7.41. The number of thioether (sulfide) groups is 1. The van der Waals surface area contributed by atoms with Gasteiger partial charge in [0.1, 0.15) is 5.75 Å². The van der Waals surface area contributed by atoms with Crippen molar-refractivity contribution < 1.29 is 4.74 Å². The van der Waals surface area contributed by atoms with Crippen LogP contribution in [-0.2, 0) is 0 Å². The molecule has 0 unspecified atom stereocenters. The minimum atomic E-state index is 0.739. The van der Waals surface area contributed by atoms with Crippen LogP contribution in [0.3, 0.4) is 0 Å². The van der Waals surface area contributed by atoms with Gasteiger partial charge >= 0.3 is 0 Å². The molecule has 0 amide bonds. The summed E-state index contributed by atoms with van der Waals surface area (Å²) in [7, 11) is 0. The first kappa shape index (κ1) is 15.8. The van der Waals surface area contributed by atoms with E-state index in [2.05, 4.69) is 51.1 Å². The molecule has 0 fully saturated rings. The predicted molar refractivity (Wildman–Crippen MR) is 92.3 cm³/mol. The third-order valence-corrected chi connectivity index (χ3v) is 4.49. The van der Waals surface area contributed by atoms with Crippen molar-refractivity contribution in [2.45, 2.75) is 32.1 Å². The Kier molecular flexibility index (Phi) is 5.57. The van der Waals surface area contributed by atoms with E-state index in [0.717, 1.165) is 35.1 Å². The molecule has 0 saturated heterocycles. The van der Waals surface area contributed by atoms with E-state index in [1.807, 2.05) is 6.07 Å². The van der Waals surface area contributed by atoms with E-state index in [9.17, 15) is 0 Å². The van der Waals surface area contributed by atoms with Gasteiger partial charge < -0.3 is 10.5 Å². The van der Waals surface area contributed by atoms with Crippen molar-refractivity contribution in [3.8, 4) is 5.75 Å². The van der Waals surface area contributed by atoms with E-state index in [-0.39, 0.29) is 0 Å². The minimum Gasteiger partial charge on any atom is -0.493 e. The van der Waals surface area contributed by atoms with Crippen molar-refractivity contribution in [2.24, 2.45) is 0 Å². The van der Waals surface area contributed by atoms with Gasteiger partial charge in [-0.2, -0.15) is 0 Å². The average Bonchev–Trinajstić information content (AvgIpc) is 2.44. The fourth-order valence-electron chi connectivity index (χ4n) is 2.09. The van der Waals surface area contributed by atoms with Crippen molar-refractivity contribution in [1.29, 1.82) is 0 Å². The highest BCUT2D eigenvalue weighted by Crippen LogP contribution is 2.26. The molecule has 2 nitrogen and oxygen atoms in total. The molecule has 0 atom stereocenters. The Balaban J connectivity index is 1.76. The van der Waals surface area contributed by atoms with E-state index < -0.39 is 0 Å². The zero-order valence-corrected chi connectivity index (χ0v) is 13.8. The van der Waals surface area contributed by atoms with E-state index in [0.29, 0.717) is 0 Å². The largest absolute Gasteiger partial charge is 0.493 e. The van der Waals surface area contributed by atoms with Crippen LogP contribution in [0.5, 0.6) is 5.75 Å². The van der Waals surface area contributed by atoms with Crippen LogP contribution in [0.25, 0.3) is 0 Å². The maximum Gasteiger partial charge on any atom is 0.122 e. The summed E-state index contributed by atoms with van der Waals surface area (Å²) in [6.07, 6.45) is 1.01. The molecule has 0 aliphatic carbocycles. The number of ether oxygens (including phenoxy) is 1. The molecule has 2 N–H and O–H groups in total. The Labute approximate surface area is 131 Å². The quantitative estimate of drug-likeness (QED) is 0.475. The highest BCUT2D eigenvalue weighted by atomic mass is 32.2. The minimum absolute atomic E-state index is 0.739. The average molecular weight is 301 g/mol. The molecule has 0 radical (unpaired) electrons. The smallest absolute Gasteiger partial charge is 0.122 e. The molecule has 112 valence electrons. The molecule has 0 heterocycles. The zero-order chi connectivity index (χ0) is 15.2. The lowest BCUT2D eigenvalue weighted by Gasteiger charge is -2.10. The van der Waals surface area contributed by atoms with Crippen molar-refractivity contribution >= 4 is 17.4 Å². The molecule has 2 aromatic carbocycles. The van der Waals surface area contributed by atoms with Crippen LogP contribution in [0.2, 0.25) is 0 Å². The van der Waals surface area contributed by atoms with Crippen LogP contribution in [-0.4, -0.2) is 12.4 Å². The highest BCUT2D eigenvalue weighted by Gasteiger charge is 2.02. The normalized spacial score (nSPS) is 10.6. The number of aryl methyl sites for hydroxylation is 3. The summed E-state index contributed by atoms with van der Waals surface area (Å²) in [5.41, 5.74) is 10.5. The Morgan fingerprint density at radius 1 is 1.00 bits per heavy atom. The molecule has 0 spiro atoms. The number of anilines is 1. The van der Waals surface area contributed by atoms with Crippen LogP contribution in [0, 0.1) is 20.8 Å². The summed E-state index contributed by atoms with van der Waals surface area (Å²) in [5, 5.41) is 0. The third kappa shape index (κ3) is 4.71. The van der Waals surface area contributed by atoms with Gasteiger partial charge in [-0.25, -0.2) is 0 Å². The monoisotopic (exact) mass is 301 g/mol. The first-order valence-corrected chi connectivity index (χ1v) is 8.24. The van der Waals surface area contributed by atoms with Gasteiger partial charge in [-0.3, -0.25) is 0 Å². The van der Waals surface area contributed by atoms with E-state index >= 15 is 0 Å². The van der Waals surface area contributed by atoms with Gasteiger partial charge in [0, 0.05) is 16.3 Å². The van der Waals surface area contributed by atoms with Gasteiger partial charge in [-0.05, 0) is 62.1 Å². The maximum absolute atomic E-state index is 6.01. The second-order valence-corrected chi connectivity index (χ2v) is 6.50. The summed E-state index contributed by atoms with van der Waals surface area (Å²) in [5.74, 6) is 2.01. The summed E-state index contributed by atoms with van der Waals surface area (Å²) in [6.45, 7) is 6.96. The zero-order valence-electron chi connectivity index (χ0n) is 13.0. The predicted octanol–water partition coefficient (Wildman–Crippen LogP) is 4.76. The molecule has 21 heavy (non-hydrogen) atoms. The maximum atomic E-state index is 6.01. The summed E-state index contributed by atoms with van der Waals surface area (Å²) < 4.78 is 5.86. The van der Waals surface area contributed by atoms with Gasteiger partial charge in [-0.1, -0.05) is 18.2 Å². The molecule has 0 bridgehead atoms. The summed E-state index contributed by atoms with van der Waals surface area (Å²) in [4.78, 5) is 1.16. The Hall–Kier alpha value is -1.61. The van der Waals surface area contributed by atoms with Gasteiger partial charge in [0.05, 0.1) is 6.61 Å². The Morgan fingerprint density at radius 2 is 1.71 bits per heavy atom. The van der Waals surface area contributed by atoms with E-state index in [1.165, 1.54) is 16.7 Å².